The van der Waals surface area contributed by atoms with Crippen LogP contribution in [0.2, 0.25) is 0 Å². The van der Waals surface area contributed by atoms with Gasteiger partial charge in [0.15, 0.2) is 0 Å². The number of hydrogen-bond acceptors (Lipinski definition) is 1. The molecule has 2 aromatic carbocycles. The van der Waals surface area contributed by atoms with Gasteiger partial charge in [0, 0.05) is 21.9 Å². The lowest BCUT2D eigenvalue weighted by Crippen LogP contribution is -2.26. The van der Waals surface area contributed by atoms with E-state index in [1.807, 2.05) is 12.1 Å². The van der Waals surface area contributed by atoms with Gasteiger partial charge in [0.25, 0.3) is 0 Å². The average Bonchev–Trinajstić information content (AvgIpc) is 2.45. The van der Waals surface area contributed by atoms with Gasteiger partial charge < -0.3 is 5.32 Å². The summed E-state index contributed by atoms with van der Waals surface area (Å²) in [6, 6.07) is 21.1. The Morgan fingerprint density at radius 1 is 0.950 bits per heavy atom. The summed E-state index contributed by atoms with van der Waals surface area (Å²) < 4.78 is 0. The highest BCUT2D eigenvalue weighted by Crippen LogP contribution is 2.32. The fourth-order valence-electron chi connectivity index (χ4n) is 1.97. The third-order valence-corrected chi connectivity index (χ3v) is 5.36. The molecule has 2 aromatic rings. The minimum atomic E-state index is -0.396. The van der Waals surface area contributed by atoms with E-state index in [2.05, 4.69) is 53.8 Å². The predicted octanol–water partition coefficient (Wildman–Crippen LogP) is 1.87. The van der Waals surface area contributed by atoms with Crippen LogP contribution in [-0.4, -0.2) is 27.0 Å². The number of carbonyl (C=O) groups is 1. The average molecular weight is 282 g/mol. The summed E-state index contributed by atoms with van der Waals surface area (Å²) >= 11 is 0. The van der Waals surface area contributed by atoms with Crippen LogP contribution in [0.1, 0.15) is 6.92 Å². The van der Waals surface area contributed by atoms with Gasteiger partial charge in [-0.3, -0.25) is 4.79 Å². The molecule has 0 unspecified atom stereocenters. The van der Waals surface area contributed by atoms with E-state index in [4.69, 9.17) is 0 Å². The smallest absolute Gasteiger partial charge is 0.216 e. The predicted molar refractivity (Wildman–Crippen MR) is 88.4 cm³/mol. The minimum Gasteiger partial charge on any atom is -0.356 e. The summed E-state index contributed by atoms with van der Waals surface area (Å²) in [4.78, 5) is 11.0. The minimum absolute atomic E-state index is 0. The number of hydrogen-bond donors (Lipinski definition) is 1. The van der Waals surface area contributed by atoms with Gasteiger partial charge in [0.05, 0.1) is 0 Å². The SMILES string of the molecule is CC(=O)NCCP(c1ccccc1)c1ccccc1.[B]. The first-order valence-corrected chi connectivity index (χ1v) is 7.92. The third kappa shape index (κ3) is 4.83. The second kappa shape index (κ2) is 8.55. The van der Waals surface area contributed by atoms with Gasteiger partial charge in [0.1, 0.15) is 0 Å². The molecule has 3 radical (unpaired) electrons. The molecular weight excluding hydrogens is 264 g/mol. The van der Waals surface area contributed by atoms with Crippen LogP contribution in [-0.2, 0) is 4.79 Å². The summed E-state index contributed by atoms with van der Waals surface area (Å²) in [6.45, 7) is 2.29. The molecule has 20 heavy (non-hydrogen) atoms. The summed E-state index contributed by atoms with van der Waals surface area (Å²) in [5.41, 5.74) is 0. The van der Waals surface area contributed by atoms with Crippen molar-refractivity contribution < 1.29 is 4.79 Å². The summed E-state index contributed by atoms with van der Waals surface area (Å²) in [5.74, 6) is 0.0380. The van der Waals surface area contributed by atoms with E-state index in [0.29, 0.717) is 0 Å². The largest absolute Gasteiger partial charge is 0.356 e. The zero-order chi connectivity index (χ0) is 13.5. The molecular formula is C16H18BNOP. The van der Waals surface area contributed by atoms with Gasteiger partial charge in [0.2, 0.25) is 5.91 Å². The molecule has 0 aliphatic heterocycles. The molecule has 0 aromatic heterocycles. The van der Waals surface area contributed by atoms with Gasteiger partial charge in [-0.15, -0.1) is 0 Å². The van der Waals surface area contributed by atoms with Gasteiger partial charge in [-0.1, -0.05) is 60.7 Å². The number of benzene rings is 2. The first-order chi connectivity index (χ1) is 9.27. The van der Waals surface area contributed by atoms with Crippen LogP contribution >= 0.6 is 7.92 Å². The molecule has 0 aliphatic carbocycles. The van der Waals surface area contributed by atoms with E-state index in [1.54, 1.807) is 6.92 Å². The molecule has 0 fully saturated rings. The molecule has 4 heteroatoms. The lowest BCUT2D eigenvalue weighted by molar-refractivity contribution is -0.118. The zero-order valence-corrected chi connectivity index (χ0v) is 12.5. The van der Waals surface area contributed by atoms with Gasteiger partial charge in [-0.05, 0) is 24.7 Å². The maximum absolute atomic E-state index is 11.0. The third-order valence-electron chi connectivity index (χ3n) is 2.85. The highest BCUT2D eigenvalue weighted by Gasteiger charge is 2.12. The monoisotopic (exact) mass is 282 g/mol. The summed E-state index contributed by atoms with van der Waals surface area (Å²) in [6.07, 6.45) is 0.975. The second-order valence-corrected chi connectivity index (χ2v) is 6.64. The van der Waals surface area contributed by atoms with E-state index < -0.39 is 7.92 Å². The van der Waals surface area contributed by atoms with Crippen LogP contribution in [0.5, 0.6) is 0 Å². The summed E-state index contributed by atoms with van der Waals surface area (Å²) in [7, 11) is -0.396. The maximum atomic E-state index is 11.0. The molecule has 0 spiro atoms. The van der Waals surface area contributed by atoms with E-state index in [9.17, 15) is 4.79 Å². The molecule has 0 bridgehead atoms. The summed E-state index contributed by atoms with van der Waals surface area (Å²) in [5, 5.41) is 5.60. The molecule has 1 amide bonds. The van der Waals surface area contributed by atoms with Crippen LogP contribution in [0.15, 0.2) is 60.7 Å². The Hall–Kier alpha value is -1.60. The molecule has 0 atom stereocenters. The Balaban J connectivity index is 0.00000200. The number of carbonyl (C=O) groups excluding carboxylic acids is 1. The van der Waals surface area contributed by atoms with Crippen molar-refractivity contribution in [3.05, 3.63) is 60.7 Å². The molecule has 0 saturated carbocycles. The molecule has 0 aliphatic rings. The Morgan fingerprint density at radius 3 is 1.80 bits per heavy atom. The van der Waals surface area contributed by atoms with Crippen molar-refractivity contribution in [3.63, 3.8) is 0 Å². The standard InChI is InChI=1S/C16H18NOP.B/c1-14(18)17-12-13-19(15-8-4-2-5-9-15)16-10-6-3-7-11-16;/h2-11H,12-13H2,1H3,(H,17,18);. The van der Waals surface area contributed by atoms with Crippen LogP contribution in [0, 0.1) is 0 Å². The first kappa shape index (κ1) is 16.5. The highest BCUT2D eigenvalue weighted by molar-refractivity contribution is 7.73. The van der Waals surface area contributed by atoms with Crippen LogP contribution in [0.3, 0.4) is 0 Å². The Labute approximate surface area is 123 Å². The Bertz CT molecular complexity index is 479. The number of amides is 1. The van der Waals surface area contributed by atoms with Crippen molar-refractivity contribution in [2.45, 2.75) is 6.92 Å². The fraction of sp³-hybridized carbons (Fsp3) is 0.188. The lowest BCUT2D eigenvalue weighted by Gasteiger charge is -2.18. The van der Waals surface area contributed by atoms with Crippen molar-refractivity contribution in [2.75, 3.05) is 12.7 Å². The van der Waals surface area contributed by atoms with E-state index in [0.717, 1.165) is 12.7 Å². The van der Waals surface area contributed by atoms with Crippen molar-refractivity contribution in [2.24, 2.45) is 0 Å². The normalized spacial score (nSPS) is 9.90. The molecule has 0 heterocycles. The van der Waals surface area contributed by atoms with Crippen molar-refractivity contribution >= 4 is 32.9 Å². The fourth-order valence-corrected chi connectivity index (χ4v) is 4.18. The van der Waals surface area contributed by atoms with Crippen molar-refractivity contribution in [1.82, 2.24) is 5.32 Å². The molecule has 101 valence electrons. The van der Waals surface area contributed by atoms with E-state index in [-0.39, 0.29) is 14.3 Å². The molecule has 2 nitrogen and oxygen atoms in total. The van der Waals surface area contributed by atoms with Crippen LogP contribution in [0.4, 0.5) is 0 Å². The first-order valence-electron chi connectivity index (χ1n) is 6.39. The second-order valence-electron chi connectivity index (χ2n) is 4.31. The highest BCUT2D eigenvalue weighted by atomic mass is 31.1. The number of nitrogens with one attached hydrogen (secondary N) is 1. The van der Waals surface area contributed by atoms with Gasteiger partial charge >= 0.3 is 0 Å². The van der Waals surface area contributed by atoms with Crippen LogP contribution in [0.25, 0.3) is 0 Å². The Kier molecular flexibility index (Phi) is 7.04. The maximum Gasteiger partial charge on any atom is 0.216 e. The molecule has 0 saturated heterocycles. The lowest BCUT2D eigenvalue weighted by atomic mass is 10.4. The zero-order valence-electron chi connectivity index (χ0n) is 11.6. The topological polar surface area (TPSA) is 29.1 Å². The van der Waals surface area contributed by atoms with E-state index in [1.165, 1.54) is 10.6 Å². The van der Waals surface area contributed by atoms with Gasteiger partial charge in [-0.25, -0.2) is 0 Å². The van der Waals surface area contributed by atoms with Crippen molar-refractivity contribution in [3.8, 4) is 0 Å². The van der Waals surface area contributed by atoms with Gasteiger partial charge in [-0.2, -0.15) is 0 Å². The Morgan fingerprint density at radius 2 is 1.40 bits per heavy atom. The van der Waals surface area contributed by atoms with Crippen molar-refractivity contribution in [1.29, 1.82) is 0 Å². The van der Waals surface area contributed by atoms with Crippen LogP contribution < -0.4 is 15.9 Å². The van der Waals surface area contributed by atoms with E-state index >= 15 is 0 Å². The quantitative estimate of drug-likeness (QED) is 0.658. The molecule has 1 N–H and O–H groups in total. The molecule has 2 rings (SSSR count). The number of rotatable bonds is 5.